The summed E-state index contributed by atoms with van der Waals surface area (Å²) in [5, 5.41) is 0. The standard InChI is InChI=1S/C24H49FNO6P/c1-5-6-7-8-9-10-11-12-13-14-15-16-17-18-24(27)32-23(21-25)22-31-33(28,29)30-20-19-26(2,3)4/h23H,5-22H2,1-4H3/p+1/t23-/m1/s1. The number of carbonyl (C=O) groups excluding carboxylic acids is 1. The van der Waals surface area contributed by atoms with Crippen molar-refractivity contribution in [3.8, 4) is 0 Å². The lowest BCUT2D eigenvalue weighted by Gasteiger charge is -2.24. The lowest BCUT2D eigenvalue weighted by Crippen LogP contribution is -2.37. The fourth-order valence-electron chi connectivity index (χ4n) is 3.29. The van der Waals surface area contributed by atoms with Crippen LogP contribution in [-0.2, 0) is 23.1 Å². The minimum atomic E-state index is -4.31. The zero-order valence-electron chi connectivity index (χ0n) is 21.6. The van der Waals surface area contributed by atoms with Gasteiger partial charge in [-0.1, -0.05) is 84.0 Å². The van der Waals surface area contributed by atoms with Crippen LogP contribution in [-0.4, -0.2) is 69.0 Å². The molecule has 33 heavy (non-hydrogen) atoms. The van der Waals surface area contributed by atoms with Crippen molar-refractivity contribution in [3.05, 3.63) is 0 Å². The molecule has 0 amide bonds. The lowest BCUT2D eigenvalue weighted by molar-refractivity contribution is -0.870. The molecule has 0 bridgehead atoms. The molecular weight excluding hydrogens is 448 g/mol. The third-order valence-corrected chi connectivity index (χ3v) is 6.38. The number of phosphoric acid groups is 1. The molecule has 1 N–H and O–H groups in total. The van der Waals surface area contributed by atoms with E-state index in [0.29, 0.717) is 17.4 Å². The highest BCUT2D eigenvalue weighted by Crippen LogP contribution is 2.43. The summed E-state index contributed by atoms with van der Waals surface area (Å²) in [6.07, 6.45) is 14.8. The van der Waals surface area contributed by atoms with E-state index in [2.05, 4.69) is 6.92 Å². The predicted octanol–water partition coefficient (Wildman–Crippen LogP) is 6.19. The highest BCUT2D eigenvalue weighted by Gasteiger charge is 2.26. The molecule has 0 saturated heterocycles. The molecule has 7 nitrogen and oxygen atoms in total. The topological polar surface area (TPSA) is 82.1 Å². The lowest BCUT2D eigenvalue weighted by atomic mass is 10.0. The molecule has 0 heterocycles. The number of hydrogen-bond donors (Lipinski definition) is 1. The number of carbonyl (C=O) groups is 1. The zero-order chi connectivity index (χ0) is 25.0. The summed E-state index contributed by atoms with van der Waals surface area (Å²) in [4.78, 5) is 21.6. The molecule has 0 fully saturated rings. The van der Waals surface area contributed by atoms with Crippen LogP contribution >= 0.6 is 7.82 Å². The van der Waals surface area contributed by atoms with Crippen molar-refractivity contribution >= 4 is 13.8 Å². The number of hydrogen-bond acceptors (Lipinski definition) is 5. The molecule has 2 atom stereocenters. The maximum absolute atomic E-state index is 13.1. The average molecular weight is 499 g/mol. The summed E-state index contributed by atoms with van der Waals surface area (Å²) in [5.74, 6) is -0.511. The molecule has 0 rings (SSSR count). The third-order valence-electron chi connectivity index (χ3n) is 5.39. The molecule has 0 aromatic rings. The molecule has 0 spiro atoms. The van der Waals surface area contributed by atoms with Gasteiger partial charge in [-0.25, -0.2) is 8.96 Å². The first-order valence-electron chi connectivity index (χ1n) is 12.8. The van der Waals surface area contributed by atoms with Gasteiger partial charge in [-0.15, -0.1) is 0 Å². The molecule has 0 radical (unpaired) electrons. The predicted molar refractivity (Wildman–Crippen MR) is 131 cm³/mol. The smallest absolute Gasteiger partial charge is 0.457 e. The van der Waals surface area contributed by atoms with Gasteiger partial charge in [0.25, 0.3) is 0 Å². The van der Waals surface area contributed by atoms with E-state index in [0.717, 1.165) is 12.8 Å². The van der Waals surface area contributed by atoms with Crippen LogP contribution in [0.2, 0.25) is 0 Å². The van der Waals surface area contributed by atoms with Gasteiger partial charge in [0.1, 0.15) is 19.8 Å². The number of ether oxygens (including phenoxy) is 1. The minimum Gasteiger partial charge on any atom is -0.457 e. The molecule has 1 unspecified atom stereocenters. The van der Waals surface area contributed by atoms with Crippen LogP contribution < -0.4 is 0 Å². The molecule has 0 saturated carbocycles. The monoisotopic (exact) mass is 498 g/mol. The Morgan fingerprint density at radius 3 is 1.82 bits per heavy atom. The second kappa shape index (κ2) is 19.7. The van der Waals surface area contributed by atoms with Gasteiger partial charge >= 0.3 is 13.8 Å². The van der Waals surface area contributed by atoms with E-state index in [1.807, 2.05) is 21.1 Å². The number of esters is 1. The van der Waals surface area contributed by atoms with E-state index in [1.54, 1.807) is 0 Å². The number of rotatable bonds is 23. The van der Waals surface area contributed by atoms with Crippen LogP contribution in [0.15, 0.2) is 0 Å². The van der Waals surface area contributed by atoms with Crippen LogP contribution in [0.1, 0.15) is 96.8 Å². The minimum absolute atomic E-state index is 0.0242. The number of quaternary nitrogens is 1. The summed E-state index contributed by atoms with van der Waals surface area (Å²) in [6.45, 7) is 1.27. The van der Waals surface area contributed by atoms with Gasteiger partial charge in [-0.3, -0.25) is 13.8 Å². The van der Waals surface area contributed by atoms with Gasteiger partial charge in [-0.2, -0.15) is 0 Å². The summed E-state index contributed by atoms with van der Waals surface area (Å²) >= 11 is 0. The molecule has 0 aliphatic heterocycles. The SMILES string of the molecule is CCCCCCCCCCCCCCCC(=O)O[C@H](CF)COP(=O)(O)OCC[N+](C)(C)C. The van der Waals surface area contributed by atoms with Crippen molar-refractivity contribution < 1.29 is 36.9 Å². The van der Waals surface area contributed by atoms with Gasteiger partial charge in [0.15, 0.2) is 6.10 Å². The fraction of sp³-hybridized carbons (Fsp3) is 0.958. The Morgan fingerprint density at radius 1 is 0.879 bits per heavy atom. The maximum Gasteiger partial charge on any atom is 0.472 e. The van der Waals surface area contributed by atoms with E-state index in [1.165, 1.54) is 64.2 Å². The first-order chi connectivity index (χ1) is 15.6. The van der Waals surface area contributed by atoms with Crippen molar-refractivity contribution in [2.75, 3.05) is 47.6 Å². The maximum atomic E-state index is 13.1. The van der Waals surface area contributed by atoms with Crippen LogP contribution in [0.5, 0.6) is 0 Å². The van der Waals surface area contributed by atoms with Crippen molar-refractivity contribution in [1.82, 2.24) is 0 Å². The number of likely N-dealkylation sites (N-methyl/N-ethyl adjacent to an activating group) is 1. The van der Waals surface area contributed by atoms with Gasteiger partial charge in [0.05, 0.1) is 27.7 Å². The highest BCUT2D eigenvalue weighted by molar-refractivity contribution is 7.47. The van der Waals surface area contributed by atoms with E-state index < -0.39 is 33.2 Å². The van der Waals surface area contributed by atoms with Crippen LogP contribution in [0.4, 0.5) is 4.39 Å². The Balaban J connectivity index is 3.74. The molecule has 0 aliphatic carbocycles. The summed E-state index contributed by atoms with van der Waals surface area (Å²) in [6, 6.07) is 0. The number of halogens is 1. The van der Waals surface area contributed by atoms with Crippen molar-refractivity contribution in [2.45, 2.75) is 103 Å². The van der Waals surface area contributed by atoms with Gasteiger partial charge in [0, 0.05) is 6.42 Å². The number of phosphoric ester groups is 1. The van der Waals surface area contributed by atoms with Gasteiger partial charge in [0.2, 0.25) is 0 Å². The number of nitrogens with zero attached hydrogens (tertiary/aromatic N) is 1. The third kappa shape index (κ3) is 23.0. The number of alkyl halides is 1. The Kier molecular flexibility index (Phi) is 19.4. The Hall–Kier alpha value is -0.530. The van der Waals surface area contributed by atoms with Crippen molar-refractivity contribution in [1.29, 1.82) is 0 Å². The molecule has 198 valence electrons. The molecular formula is C24H50FNO6P+. The average Bonchev–Trinajstić information content (AvgIpc) is 2.73. The molecule has 9 heteroatoms. The summed E-state index contributed by atoms with van der Waals surface area (Å²) in [7, 11) is 1.45. The van der Waals surface area contributed by atoms with E-state index in [9.17, 15) is 18.6 Å². The molecule has 0 aliphatic rings. The molecule has 0 aromatic carbocycles. The quantitative estimate of drug-likeness (QED) is 0.0783. The number of unbranched alkanes of at least 4 members (excludes halogenated alkanes) is 12. The Morgan fingerprint density at radius 2 is 1.36 bits per heavy atom. The van der Waals surface area contributed by atoms with Crippen molar-refractivity contribution in [2.24, 2.45) is 0 Å². The first-order valence-corrected chi connectivity index (χ1v) is 14.3. The van der Waals surface area contributed by atoms with Gasteiger partial charge < -0.3 is 14.1 Å². The zero-order valence-corrected chi connectivity index (χ0v) is 22.5. The van der Waals surface area contributed by atoms with Crippen molar-refractivity contribution in [3.63, 3.8) is 0 Å². The van der Waals surface area contributed by atoms with Crippen LogP contribution in [0.25, 0.3) is 0 Å². The normalized spacial score (nSPS) is 14.7. The summed E-state index contributed by atoms with van der Waals surface area (Å²) < 4.78 is 40.2. The highest BCUT2D eigenvalue weighted by atomic mass is 31.2. The Bertz CT molecular complexity index is 530. The Labute approximate surface area is 201 Å². The largest absolute Gasteiger partial charge is 0.472 e. The van der Waals surface area contributed by atoms with Crippen LogP contribution in [0.3, 0.4) is 0 Å². The first kappa shape index (κ1) is 32.5. The van der Waals surface area contributed by atoms with E-state index in [4.69, 9.17) is 13.8 Å². The summed E-state index contributed by atoms with van der Waals surface area (Å²) in [5.41, 5.74) is 0. The fourth-order valence-corrected chi connectivity index (χ4v) is 4.03. The van der Waals surface area contributed by atoms with E-state index in [-0.39, 0.29) is 13.0 Å². The van der Waals surface area contributed by atoms with E-state index >= 15 is 0 Å². The molecule has 0 aromatic heterocycles. The second-order valence-corrected chi connectivity index (χ2v) is 11.3. The van der Waals surface area contributed by atoms with Crippen LogP contribution in [0, 0.1) is 0 Å². The second-order valence-electron chi connectivity index (χ2n) is 9.87. The van der Waals surface area contributed by atoms with Gasteiger partial charge in [-0.05, 0) is 6.42 Å².